The average Bonchev–Trinajstić information content (AvgIpc) is 2.25. The van der Waals surface area contributed by atoms with Gasteiger partial charge in [0.1, 0.15) is 5.82 Å². The molecular weight excluding hydrogens is 319 g/mol. The second-order valence-electron chi connectivity index (χ2n) is 3.96. The van der Waals surface area contributed by atoms with Gasteiger partial charge >= 0.3 is 0 Å². The van der Waals surface area contributed by atoms with E-state index in [4.69, 9.17) is 17.3 Å². The predicted molar refractivity (Wildman–Crippen MR) is 78.0 cm³/mol. The zero-order valence-corrected chi connectivity index (χ0v) is 11.9. The minimum atomic E-state index is -0.394. The predicted octanol–water partition coefficient (Wildman–Crippen LogP) is 4.88. The molecule has 0 amide bonds. The molecular formula is C13H11BrClFN2. The maximum absolute atomic E-state index is 13.1. The molecule has 5 heteroatoms. The van der Waals surface area contributed by atoms with Crippen LogP contribution in [0.2, 0.25) is 5.02 Å². The Kier molecular flexibility index (Phi) is 3.78. The van der Waals surface area contributed by atoms with Gasteiger partial charge in [-0.2, -0.15) is 0 Å². The molecule has 94 valence electrons. The lowest BCUT2D eigenvalue weighted by Gasteiger charge is -2.13. The molecule has 0 aliphatic heterocycles. The fraction of sp³-hybridized carbons (Fsp3) is 0.0769. The molecule has 0 heterocycles. The van der Waals surface area contributed by atoms with E-state index in [1.54, 1.807) is 0 Å². The number of halogens is 3. The Morgan fingerprint density at radius 1 is 1.28 bits per heavy atom. The maximum atomic E-state index is 13.1. The summed E-state index contributed by atoms with van der Waals surface area (Å²) in [5, 5.41) is 3.39. The van der Waals surface area contributed by atoms with Crippen LogP contribution in [0.5, 0.6) is 0 Å². The van der Waals surface area contributed by atoms with Crippen molar-refractivity contribution in [1.82, 2.24) is 0 Å². The smallest absolute Gasteiger partial charge is 0.125 e. The Labute approximate surface area is 118 Å². The van der Waals surface area contributed by atoms with Gasteiger partial charge in [0.05, 0.1) is 22.1 Å². The SMILES string of the molecule is Cc1ccc(Nc2c(Cl)cc(F)cc2Br)c(N)c1. The summed E-state index contributed by atoms with van der Waals surface area (Å²) in [6.45, 7) is 1.96. The quantitative estimate of drug-likeness (QED) is 0.771. The Balaban J connectivity index is 2.40. The summed E-state index contributed by atoms with van der Waals surface area (Å²) in [5.74, 6) is -0.394. The zero-order valence-electron chi connectivity index (χ0n) is 9.60. The number of nitrogen functional groups attached to an aromatic ring is 1. The molecule has 2 rings (SSSR count). The molecule has 0 aromatic heterocycles. The molecule has 0 saturated carbocycles. The Bertz CT molecular complexity index is 579. The van der Waals surface area contributed by atoms with Crippen molar-refractivity contribution >= 4 is 44.6 Å². The largest absolute Gasteiger partial charge is 0.397 e. The highest BCUT2D eigenvalue weighted by molar-refractivity contribution is 9.10. The van der Waals surface area contributed by atoms with E-state index >= 15 is 0 Å². The van der Waals surface area contributed by atoms with Gasteiger partial charge in [-0.15, -0.1) is 0 Å². The van der Waals surface area contributed by atoms with Crippen LogP contribution < -0.4 is 11.1 Å². The summed E-state index contributed by atoms with van der Waals surface area (Å²) >= 11 is 9.26. The molecule has 0 aliphatic rings. The molecule has 2 aromatic carbocycles. The molecule has 2 nitrogen and oxygen atoms in total. The second kappa shape index (κ2) is 5.16. The van der Waals surface area contributed by atoms with Crippen LogP contribution in [0.3, 0.4) is 0 Å². The topological polar surface area (TPSA) is 38.0 Å². The van der Waals surface area contributed by atoms with Crippen molar-refractivity contribution in [3.8, 4) is 0 Å². The van der Waals surface area contributed by atoms with E-state index in [-0.39, 0.29) is 0 Å². The zero-order chi connectivity index (χ0) is 13.3. The number of hydrogen-bond donors (Lipinski definition) is 2. The summed E-state index contributed by atoms with van der Waals surface area (Å²) in [6.07, 6.45) is 0. The molecule has 0 radical (unpaired) electrons. The lowest BCUT2D eigenvalue weighted by atomic mass is 10.2. The minimum absolute atomic E-state index is 0.293. The first-order valence-corrected chi connectivity index (χ1v) is 6.42. The number of nitrogens with one attached hydrogen (secondary N) is 1. The van der Waals surface area contributed by atoms with Crippen molar-refractivity contribution in [1.29, 1.82) is 0 Å². The van der Waals surface area contributed by atoms with Gasteiger partial charge in [0.15, 0.2) is 0 Å². The minimum Gasteiger partial charge on any atom is -0.397 e. The maximum Gasteiger partial charge on any atom is 0.125 e. The lowest BCUT2D eigenvalue weighted by Crippen LogP contribution is -1.98. The molecule has 0 spiro atoms. The third kappa shape index (κ3) is 2.76. The lowest BCUT2D eigenvalue weighted by molar-refractivity contribution is 0.627. The van der Waals surface area contributed by atoms with E-state index in [1.165, 1.54) is 12.1 Å². The van der Waals surface area contributed by atoms with Crippen LogP contribution in [0, 0.1) is 12.7 Å². The van der Waals surface area contributed by atoms with Crippen molar-refractivity contribution in [2.24, 2.45) is 0 Å². The van der Waals surface area contributed by atoms with E-state index in [2.05, 4.69) is 21.2 Å². The number of nitrogens with two attached hydrogens (primary N) is 1. The van der Waals surface area contributed by atoms with Gasteiger partial charge in [0, 0.05) is 4.47 Å². The van der Waals surface area contributed by atoms with E-state index < -0.39 is 5.82 Å². The van der Waals surface area contributed by atoms with Gasteiger partial charge in [-0.3, -0.25) is 0 Å². The van der Waals surface area contributed by atoms with Crippen LogP contribution >= 0.6 is 27.5 Å². The van der Waals surface area contributed by atoms with Crippen LogP contribution in [0.4, 0.5) is 21.5 Å². The van der Waals surface area contributed by atoms with Gasteiger partial charge in [0.25, 0.3) is 0 Å². The van der Waals surface area contributed by atoms with Gasteiger partial charge in [-0.05, 0) is 52.7 Å². The highest BCUT2D eigenvalue weighted by Crippen LogP contribution is 2.35. The van der Waals surface area contributed by atoms with Gasteiger partial charge in [0.2, 0.25) is 0 Å². The Hall–Kier alpha value is -1.26. The van der Waals surface area contributed by atoms with Crippen LogP contribution in [0.25, 0.3) is 0 Å². The highest BCUT2D eigenvalue weighted by atomic mass is 79.9. The van der Waals surface area contributed by atoms with Crippen molar-refractivity contribution in [3.63, 3.8) is 0 Å². The van der Waals surface area contributed by atoms with Crippen LogP contribution in [0.1, 0.15) is 5.56 Å². The first-order valence-electron chi connectivity index (χ1n) is 5.25. The third-order valence-electron chi connectivity index (χ3n) is 2.47. The second-order valence-corrected chi connectivity index (χ2v) is 5.22. The Morgan fingerprint density at radius 2 is 2.00 bits per heavy atom. The summed E-state index contributed by atoms with van der Waals surface area (Å²) < 4.78 is 13.7. The monoisotopic (exact) mass is 328 g/mol. The molecule has 0 saturated heterocycles. The van der Waals surface area contributed by atoms with E-state index in [1.807, 2.05) is 25.1 Å². The molecule has 2 aromatic rings. The third-order valence-corrected chi connectivity index (χ3v) is 3.40. The number of hydrogen-bond acceptors (Lipinski definition) is 2. The Morgan fingerprint density at radius 3 is 2.61 bits per heavy atom. The molecule has 0 aliphatic carbocycles. The molecule has 3 N–H and O–H groups in total. The summed E-state index contributed by atoms with van der Waals surface area (Å²) in [4.78, 5) is 0. The molecule has 0 unspecified atom stereocenters. The van der Waals surface area contributed by atoms with Crippen LogP contribution in [-0.4, -0.2) is 0 Å². The van der Waals surface area contributed by atoms with E-state index in [9.17, 15) is 4.39 Å². The summed E-state index contributed by atoms with van der Waals surface area (Å²) in [7, 11) is 0. The molecule has 0 atom stereocenters. The standard InChI is InChI=1S/C13H11BrClFN2/c1-7-2-3-12(11(17)4-7)18-13-9(14)5-8(16)6-10(13)15/h2-6,18H,17H2,1H3. The molecule has 18 heavy (non-hydrogen) atoms. The number of benzene rings is 2. The summed E-state index contributed by atoms with van der Waals surface area (Å²) in [5.41, 5.74) is 8.91. The van der Waals surface area contributed by atoms with Gasteiger partial charge in [-0.25, -0.2) is 4.39 Å². The number of anilines is 3. The summed E-state index contributed by atoms with van der Waals surface area (Å²) in [6, 6.07) is 8.24. The molecule has 0 fully saturated rings. The van der Waals surface area contributed by atoms with Crippen LogP contribution in [0.15, 0.2) is 34.8 Å². The molecule has 0 bridgehead atoms. The highest BCUT2D eigenvalue weighted by Gasteiger charge is 2.09. The van der Waals surface area contributed by atoms with Crippen molar-refractivity contribution in [2.75, 3.05) is 11.1 Å². The van der Waals surface area contributed by atoms with Crippen molar-refractivity contribution in [3.05, 3.63) is 51.2 Å². The fourth-order valence-electron chi connectivity index (χ4n) is 1.59. The van der Waals surface area contributed by atoms with Gasteiger partial charge in [-0.1, -0.05) is 17.7 Å². The normalized spacial score (nSPS) is 10.4. The van der Waals surface area contributed by atoms with Crippen LogP contribution in [-0.2, 0) is 0 Å². The average molecular weight is 330 g/mol. The number of rotatable bonds is 2. The fourth-order valence-corrected chi connectivity index (χ4v) is 2.49. The van der Waals surface area contributed by atoms with Gasteiger partial charge < -0.3 is 11.1 Å². The van der Waals surface area contributed by atoms with Crippen molar-refractivity contribution < 1.29 is 4.39 Å². The first kappa shape index (κ1) is 13.2. The number of aryl methyl sites for hydroxylation is 1. The first-order chi connectivity index (χ1) is 8.47. The van der Waals surface area contributed by atoms with E-state index in [0.29, 0.717) is 20.9 Å². The van der Waals surface area contributed by atoms with Crippen molar-refractivity contribution in [2.45, 2.75) is 6.92 Å². The van der Waals surface area contributed by atoms with E-state index in [0.717, 1.165) is 11.3 Å².